The van der Waals surface area contributed by atoms with Crippen molar-refractivity contribution in [3.63, 3.8) is 0 Å². The highest BCUT2D eigenvalue weighted by atomic mass is 16.3. The molecule has 1 saturated heterocycles. The molecule has 1 heterocycles. The first kappa shape index (κ1) is 12.5. The van der Waals surface area contributed by atoms with Gasteiger partial charge < -0.3 is 15.7 Å². The molecule has 1 aliphatic heterocycles. The van der Waals surface area contributed by atoms with Crippen molar-refractivity contribution in [2.75, 3.05) is 19.7 Å². The molecule has 1 unspecified atom stereocenters. The van der Waals surface area contributed by atoms with E-state index in [1.807, 2.05) is 13.8 Å². The van der Waals surface area contributed by atoms with Crippen LogP contribution in [-0.2, 0) is 4.79 Å². The van der Waals surface area contributed by atoms with Crippen molar-refractivity contribution in [2.24, 2.45) is 5.41 Å². The molecule has 0 aromatic heterocycles. The third-order valence-corrected chi connectivity index (χ3v) is 3.45. The molecule has 1 amide bonds. The predicted octanol–water partition coefficient (Wildman–Crippen LogP) is 0.263. The van der Waals surface area contributed by atoms with E-state index in [1.165, 1.54) is 0 Å². The van der Waals surface area contributed by atoms with Gasteiger partial charge >= 0.3 is 0 Å². The van der Waals surface area contributed by atoms with Gasteiger partial charge in [0.1, 0.15) is 0 Å². The van der Waals surface area contributed by atoms with Crippen molar-refractivity contribution < 1.29 is 9.90 Å². The quantitative estimate of drug-likeness (QED) is 0.615. The standard InChI is InChI=1S/C11H22N2O2/c1-3-9(7-14)13-10(15)11(4-2)5-6-12-8-11/h9,12,14H,3-8H2,1-2H3,(H,13,15)/t9-,11?/m0/s1. The molecular formula is C11H22N2O2. The summed E-state index contributed by atoms with van der Waals surface area (Å²) < 4.78 is 0. The van der Waals surface area contributed by atoms with Gasteiger partial charge in [0.2, 0.25) is 5.91 Å². The minimum atomic E-state index is -0.247. The molecule has 4 nitrogen and oxygen atoms in total. The second-order valence-corrected chi connectivity index (χ2v) is 4.32. The van der Waals surface area contributed by atoms with Gasteiger partial charge in [-0.3, -0.25) is 4.79 Å². The van der Waals surface area contributed by atoms with Gasteiger partial charge in [-0.05, 0) is 25.8 Å². The van der Waals surface area contributed by atoms with Crippen LogP contribution in [0, 0.1) is 5.41 Å². The first-order chi connectivity index (χ1) is 7.18. The molecule has 2 atom stereocenters. The Kier molecular flexibility index (Phi) is 4.54. The number of carbonyl (C=O) groups excluding carboxylic acids is 1. The van der Waals surface area contributed by atoms with Crippen LogP contribution >= 0.6 is 0 Å². The van der Waals surface area contributed by atoms with Crippen LogP contribution in [0.5, 0.6) is 0 Å². The van der Waals surface area contributed by atoms with Crippen molar-refractivity contribution in [1.29, 1.82) is 0 Å². The molecule has 0 aromatic rings. The van der Waals surface area contributed by atoms with Crippen molar-refractivity contribution >= 4 is 5.91 Å². The van der Waals surface area contributed by atoms with Gasteiger partial charge in [0, 0.05) is 6.54 Å². The zero-order valence-corrected chi connectivity index (χ0v) is 9.68. The van der Waals surface area contributed by atoms with Crippen molar-refractivity contribution in [1.82, 2.24) is 10.6 Å². The highest BCUT2D eigenvalue weighted by Crippen LogP contribution is 2.29. The van der Waals surface area contributed by atoms with E-state index in [0.717, 1.165) is 32.4 Å². The molecule has 1 aliphatic rings. The molecule has 88 valence electrons. The van der Waals surface area contributed by atoms with E-state index in [1.54, 1.807) is 0 Å². The summed E-state index contributed by atoms with van der Waals surface area (Å²) in [6, 6.07) is -0.0958. The number of aliphatic hydroxyl groups excluding tert-OH is 1. The summed E-state index contributed by atoms with van der Waals surface area (Å²) >= 11 is 0. The van der Waals surface area contributed by atoms with E-state index < -0.39 is 0 Å². The lowest BCUT2D eigenvalue weighted by Gasteiger charge is -2.27. The van der Waals surface area contributed by atoms with E-state index in [0.29, 0.717) is 0 Å². The molecule has 3 N–H and O–H groups in total. The number of hydrogen-bond acceptors (Lipinski definition) is 3. The average Bonchev–Trinajstić information content (AvgIpc) is 2.75. The normalized spacial score (nSPS) is 27.7. The Balaban J connectivity index is 2.57. The maximum absolute atomic E-state index is 12.1. The van der Waals surface area contributed by atoms with Crippen LogP contribution in [0.3, 0.4) is 0 Å². The van der Waals surface area contributed by atoms with Crippen molar-refractivity contribution in [2.45, 2.75) is 39.2 Å². The Morgan fingerprint density at radius 1 is 1.60 bits per heavy atom. The maximum atomic E-state index is 12.1. The molecule has 0 saturated carbocycles. The highest BCUT2D eigenvalue weighted by Gasteiger charge is 2.39. The fourth-order valence-electron chi connectivity index (χ4n) is 2.02. The Hall–Kier alpha value is -0.610. The molecule has 0 aliphatic carbocycles. The molecular weight excluding hydrogens is 192 g/mol. The van der Waals surface area contributed by atoms with Crippen LogP contribution in [0.2, 0.25) is 0 Å². The summed E-state index contributed by atoms with van der Waals surface area (Å²) in [5, 5.41) is 15.2. The highest BCUT2D eigenvalue weighted by molar-refractivity contribution is 5.83. The molecule has 0 aromatic carbocycles. The first-order valence-corrected chi connectivity index (χ1v) is 5.81. The molecule has 1 rings (SSSR count). The number of carbonyl (C=O) groups is 1. The van der Waals surface area contributed by atoms with Crippen LogP contribution in [-0.4, -0.2) is 36.8 Å². The van der Waals surface area contributed by atoms with Gasteiger partial charge in [-0.25, -0.2) is 0 Å². The molecule has 0 spiro atoms. The third kappa shape index (κ3) is 2.69. The topological polar surface area (TPSA) is 61.4 Å². The zero-order chi connectivity index (χ0) is 11.3. The smallest absolute Gasteiger partial charge is 0.227 e. The van der Waals surface area contributed by atoms with Crippen LogP contribution < -0.4 is 10.6 Å². The second kappa shape index (κ2) is 5.47. The summed E-state index contributed by atoms with van der Waals surface area (Å²) in [4.78, 5) is 12.1. The molecule has 0 radical (unpaired) electrons. The average molecular weight is 214 g/mol. The summed E-state index contributed by atoms with van der Waals surface area (Å²) in [6.45, 7) is 5.71. The Morgan fingerprint density at radius 3 is 2.73 bits per heavy atom. The van der Waals surface area contributed by atoms with Crippen molar-refractivity contribution in [3.05, 3.63) is 0 Å². The van der Waals surface area contributed by atoms with Gasteiger partial charge in [0.25, 0.3) is 0 Å². The van der Waals surface area contributed by atoms with E-state index in [9.17, 15) is 4.79 Å². The lowest BCUT2D eigenvalue weighted by molar-refractivity contribution is -0.131. The number of amides is 1. The van der Waals surface area contributed by atoms with Crippen LogP contribution in [0.1, 0.15) is 33.1 Å². The third-order valence-electron chi connectivity index (χ3n) is 3.45. The van der Waals surface area contributed by atoms with E-state index >= 15 is 0 Å². The first-order valence-electron chi connectivity index (χ1n) is 5.81. The minimum Gasteiger partial charge on any atom is -0.394 e. The molecule has 1 fully saturated rings. The number of aliphatic hydroxyl groups is 1. The fourth-order valence-corrected chi connectivity index (χ4v) is 2.02. The molecule has 4 heteroatoms. The summed E-state index contributed by atoms with van der Waals surface area (Å²) in [5.41, 5.74) is -0.247. The van der Waals surface area contributed by atoms with E-state index in [4.69, 9.17) is 5.11 Å². The monoisotopic (exact) mass is 214 g/mol. The molecule has 15 heavy (non-hydrogen) atoms. The number of hydrogen-bond donors (Lipinski definition) is 3. The van der Waals surface area contributed by atoms with E-state index in [2.05, 4.69) is 10.6 Å². The van der Waals surface area contributed by atoms with Crippen molar-refractivity contribution in [3.8, 4) is 0 Å². The maximum Gasteiger partial charge on any atom is 0.227 e. The minimum absolute atomic E-state index is 0.0233. The second-order valence-electron chi connectivity index (χ2n) is 4.32. The Bertz CT molecular complexity index is 209. The zero-order valence-electron chi connectivity index (χ0n) is 9.68. The summed E-state index contributed by atoms with van der Waals surface area (Å²) in [7, 11) is 0. The van der Waals surface area contributed by atoms with Gasteiger partial charge in [-0.1, -0.05) is 13.8 Å². The predicted molar refractivity (Wildman–Crippen MR) is 59.5 cm³/mol. The lowest BCUT2D eigenvalue weighted by atomic mass is 9.83. The van der Waals surface area contributed by atoms with Gasteiger partial charge in [-0.2, -0.15) is 0 Å². The summed E-state index contributed by atoms with van der Waals surface area (Å²) in [6.07, 6.45) is 2.53. The lowest BCUT2D eigenvalue weighted by Crippen LogP contribution is -2.47. The molecule has 0 bridgehead atoms. The van der Waals surface area contributed by atoms with Crippen LogP contribution in [0.15, 0.2) is 0 Å². The Morgan fingerprint density at radius 2 is 2.33 bits per heavy atom. The Labute approximate surface area is 91.4 Å². The van der Waals surface area contributed by atoms with Gasteiger partial charge in [-0.15, -0.1) is 0 Å². The summed E-state index contributed by atoms with van der Waals surface area (Å²) in [5.74, 6) is 0.0934. The van der Waals surface area contributed by atoms with Gasteiger partial charge in [0.15, 0.2) is 0 Å². The fraction of sp³-hybridized carbons (Fsp3) is 0.909. The van der Waals surface area contributed by atoms with Gasteiger partial charge in [0.05, 0.1) is 18.1 Å². The van der Waals surface area contributed by atoms with Crippen LogP contribution in [0.4, 0.5) is 0 Å². The number of nitrogens with one attached hydrogen (secondary N) is 2. The van der Waals surface area contributed by atoms with Crippen LogP contribution in [0.25, 0.3) is 0 Å². The van der Waals surface area contributed by atoms with E-state index in [-0.39, 0.29) is 24.0 Å². The SMILES string of the molecule is CC[C@@H](CO)NC(=O)C1(CC)CCNC1. The largest absolute Gasteiger partial charge is 0.394 e. The number of rotatable bonds is 5.